The summed E-state index contributed by atoms with van der Waals surface area (Å²) >= 11 is 0. The van der Waals surface area contributed by atoms with E-state index in [9.17, 15) is 19.8 Å². The molecule has 0 aromatic heterocycles. The van der Waals surface area contributed by atoms with Crippen molar-refractivity contribution >= 4 is 11.9 Å². The van der Waals surface area contributed by atoms with E-state index in [1.165, 1.54) is 22.3 Å². The summed E-state index contributed by atoms with van der Waals surface area (Å²) in [5.41, 5.74) is 7.82. The molecule has 0 unspecified atom stereocenters. The summed E-state index contributed by atoms with van der Waals surface area (Å²) in [6.07, 6.45) is 3.42. The van der Waals surface area contributed by atoms with Crippen LogP contribution in [0.5, 0.6) is 0 Å². The van der Waals surface area contributed by atoms with Crippen LogP contribution in [0.25, 0.3) is 11.1 Å². The molecule has 0 radical (unpaired) electrons. The summed E-state index contributed by atoms with van der Waals surface area (Å²) in [7, 11) is 0. The highest BCUT2D eigenvalue weighted by atomic mass is 16.4. The molecule has 2 N–H and O–H groups in total. The highest BCUT2D eigenvalue weighted by molar-refractivity contribution is 5.88. The molecule has 0 saturated heterocycles. The lowest BCUT2D eigenvalue weighted by atomic mass is 9.70. The Balaban J connectivity index is 1.50. The van der Waals surface area contributed by atoms with Gasteiger partial charge in [-0.3, -0.25) is 0 Å². The molecular formula is C31H26O4. The van der Waals surface area contributed by atoms with Crippen LogP contribution in [-0.4, -0.2) is 22.2 Å². The van der Waals surface area contributed by atoms with Crippen LogP contribution in [0.3, 0.4) is 0 Å². The van der Waals surface area contributed by atoms with Gasteiger partial charge in [0.2, 0.25) is 0 Å². The summed E-state index contributed by atoms with van der Waals surface area (Å²) in [4.78, 5) is 22.5. The van der Waals surface area contributed by atoms with Crippen molar-refractivity contribution in [2.24, 2.45) is 0 Å². The van der Waals surface area contributed by atoms with Gasteiger partial charge in [-0.25, -0.2) is 9.59 Å². The fourth-order valence-corrected chi connectivity index (χ4v) is 5.42. The minimum absolute atomic E-state index is 0.190. The average molecular weight is 463 g/mol. The Labute approximate surface area is 204 Å². The van der Waals surface area contributed by atoms with Crippen molar-refractivity contribution in [1.82, 2.24) is 0 Å². The molecule has 1 aliphatic rings. The van der Waals surface area contributed by atoms with Crippen LogP contribution >= 0.6 is 0 Å². The summed E-state index contributed by atoms with van der Waals surface area (Å²) in [6.45, 7) is 0. The minimum Gasteiger partial charge on any atom is -0.478 e. The molecule has 0 saturated carbocycles. The molecule has 0 heterocycles. The lowest BCUT2D eigenvalue weighted by molar-refractivity contribution is 0.0686. The van der Waals surface area contributed by atoms with Crippen molar-refractivity contribution in [3.63, 3.8) is 0 Å². The zero-order valence-electron chi connectivity index (χ0n) is 19.3. The summed E-state index contributed by atoms with van der Waals surface area (Å²) in [5, 5.41) is 18.5. The van der Waals surface area contributed by atoms with Crippen LogP contribution < -0.4 is 0 Å². The molecule has 0 spiro atoms. The maximum atomic E-state index is 11.3. The minimum atomic E-state index is -0.916. The predicted molar refractivity (Wildman–Crippen MR) is 136 cm³/mol. The van der Waals surface area contributed by atoms with Gasteiger partial charge in [0.1, 0.15) is 0 Å². The lowest BCUT2D eigenvalue weighted by Gasteiger charge is -2.33. The maximum absolute atomic E-state index is 11.3. The number of benzene rings is 4. The molecule has 0 fully saturated rings. The SMILES string of the molecule is O=C(O)c1ccc(CCC2(CCc3ccc(C(=O)O)cc3)c3ccccc3-c3ccccc32)cc1. The quantitative estimate of drug-likeness (QED) is 0.309. The molecule has 5 rings (SSSR count). The standard InChI is InChI=1S/C31H26O4/c32-29(33)23-13-9-21(10-14-23)17-19-31(20-18-22-11-15-24(16-12-22)30(34)35)27-7-3-1-5-25(27)26-6-2-4-8-28(26)31/h1-16H,17-20H2,(H,32,33)(H,34,35). The Morgan fingerprint density at radius 2 is 0.914 bits per heavy atom. The van der Waals surface area contributed by atoms with E-state index in [0.29, 0.717) is 11.1 Å². The summed E-state index contributed by atoms with van der Waals surface area (Å²) < 4.78 is 0. The molecular weight excluding hydrogens is 436 g/mol. The third kappa shape index (κ3) is 4.24. The number of fused-ring (bicyclic) bond motifs is 3. The van der Waals surface area contributed by atoms with E-state index in [1.807, 2.05) is 24.3 Å². The largest absolute Gasteiger partial charge is 0.478 e. The van der Waals surface area contributed by atoms with E-state index in [4.69, 9.17) is 0 Å². The Morgan fingerprint density at radius 3 is 1.29 bits per heavy atom. The first-order valence-corrected chi connectivity index (χ1v) is 11.8. The molecule has 0 aliphatic heterocycles. The average Bonchev–Trinajstić information content (AvgIpc) is 3.17. The monoisotopic (exact) mass is 462 g/mol. The summed E-state index contributed by atoms with van der Waals surface area (Å²) in [6, 6.07) is 31.6. The van der Waals surface area contributed by atoms with Crippen LogP contribution in [-0.2, 0) is 18.3 Å². The van der Waals surface area contributed by atoms with Crippen LogP contribution in [0.2, 0.25) is 0 Å². The van der Waals surface area contributed by atoms with Gasteiger partial charge in [-0.2, -0.15) is 0 Å². The van der Waals surface area contributed by atoms with E-state index >= 15 is 0 Å². The Morgan fingerprint density at radius 1 is 0.543 bits per heavy atom. The fourth-order valence-electron chi connectivity index (χ4n) is 5.42. The van der Waals surface area contributed by atoms with Crippen molar-refractivity contribution in [3.8, 4) is 11.1 Å². The maximum Gasteiger partial charge on any atom is 0.335 e. The molecule has 4 aromatic carbocycles. The smallest absolute Gasteiger partial charge is 0.335 e. The third-order valence-electron chi connectivity index (χ3n) is 7.26. The van der Waals surface area contributed by atoms with Crippen molar-refractivity contribution in [3.05, 3.63) is 130 Å². The lowest BCUT2D eigenvalue weighted by Crippen LogP contribution is -2.27. The predicted octanol–water partition coefficient (Wildman–Crippen LogP) is 6.62. The van der Waals surface area contributed by atoms with Gasteiger partial charge < -0.3 is 10.2 Å². The number of carboxylic acids is 2. The van der Waals surface area contributed by atoms with Gasteiger partial charge in [0, 0.05) is 5.41 Å². The Kier molecular flexibility index (Phi) is 5.96. The van der Waals surface area contributed by atoms with Crippen LogP contribution in [0.4, 0.5) is 0 Å². The highest BCUT2D eigenvalue weighted by Crippen LogP contribution is 2.53. The van der Waals surface area contributed by atoms with Crippen LogP contribution in [0.15, 0.2) is 97.1 Å². The Bertz CT molecular complexity index is 1280. The van der Waals surface area contributed by atoms with Crippen molar-refractivity contribution < 1.29 is 19.8 Å². The second-order valence-electron chi connectivity index (χ2n) is 9.18. The molecule has 1 aliphatic carbocycles. The van der Waals surface area contributed by atoms with Gasteiger partial charge in [0.05, 0.1) is 11.1 Å². The second-order valence-corrected chi connectivity index (χ2v) is 9.18. The van der Waals surface area contributed by atoms with E-state index < -0.39 is 11.9 Å². The van der Waals surface area contributed by atoms with Gasteiger partial charge in [0.25, 0.3) is 0 Å². The van der Waals surface area contributed by atoms with E-state index in [-0.39, 0.29) is 5.41 Å². The molecule has 4 nitrogen and oxygen atoms in total. The molecule has 0 atom stereocenters. The molecule has 0 bridgehead atoms. The third-order valence-corrected chi connectivity index (χ3v) is 7.26. The van der Waals surface area contributed by atoms with Gasteiger partial charge in [-0.15, -0.1) is 0 Å². The zero-order valence-corrected chi connectivity index (χ0v) is 19.3. The van der Waals surface area contributed by atoms with Crippen molar-refractivity contribution in [2.75, 3.05) is 0 Å². The van der Waals surface area contributed by atoms with Gasteiger partial charge in [-0.1, -0.05) is 72.8 Å². The molecule has 174 valence electrons. The van der Waals surface area contributed by atoms with Gasteiger partial charge in [-0.05, 0) is 83.3 Å². The zero-order chi connectivity index (χ0) is 24.4. The van der Waals surface area contributed by atoms with Gasteiger partial charge >= 0.3 is 11.9 Å². The van der Waals surface area contributed by atoms with E-state index in [1.54, 1.807) is 24.3 Å². The highest BCUT2D eigenvalue weighted by Gasteiger charge is 2.42. The Hall–Kier alpha value is -4.18. The molecule has 0 amide bonds. The summed E-state index contributed by atoms with van der Waals surface area (Å²) in [5.74, 6) is -1.83. The van der Waals surface area contributed by atoms with Gasteiger partial charge in [0.15, 0.2) is 0 Å². The number of carboxylic acid groups (broad SMARTS) is 2. The van der Waals surface area contributed by atoms with E-state index in [0.717, 1.165) is 36.8 Å². The first-order valence-electron chi connectivity index (χ1n) is 11.8. The number of carbonyl (C=O) groups is 2. The molecule has 4 aromatic rings. The number of aryl methyl sites for hydroxylation is 2. The first kappa shape index (κ1) is 22.6. The second kappa shape index (κ2) is 9.22. The van der Waals surface area contributed by atoms with Crippen molar-refractivity contribution in [1.29, 1.82) is 0 Å². The normalized spacial score (nSPS) is 13.1. The molecule has 4 heteroatoms. The number of hydrogen-bond acceptors (Lipinski definition) is 2. The number of aromatic carboxylic acids is 2. The molecule has 35 heavy (non-hydrogen) atoms. The first-order chi connectivity index (χ1) is 17.0. The van der Waals surface area contributed by atoms with E-state index in [2.05, 4.69) is 48.5 Å². The fraction of sp³-hybridized carbons (Fsp3) is 0.161. The topological polar surface area (TPSA) is 74.6 Å². The van der Waals surface area contributed by atoms with Crippen LogP contribution in [0.1, 0.15) is 55.8 Å². The number of rotatable bonds is 8. The number of hydrogen-bond donors (Lipinski definition) is 2. The van der Waals surface area contributed by atoms with Crippen LogP contribution in [0, 0.1) is 0 Å². The van der Waals surface area contributed by atoms with Crippen molar-refractivity contribution in [2.45, 2.75) is 31.1 Å².